The first-order valence-corrected chi connectivity index (χ1v) is 5.84. The standard InChI is InChI=1S/C12H16N2O6/c1-20-7-9(15)6-13-5-8-3-2-4-10(14(18)19)11(8)12(16)17/h2-4,9,13,15H,5-7H2,1H3,(H,16,17). The fourth-order valence-electron chi connectivity index (χ4n) is 1.76. The number of carbonyl (C=O) groups is 1. The van der Waals surface area contributed by atoms with Crippen molar-refractivity contribution in [3.8, 4) is 0 Å². The summed E-state index contributed by atoms with van der Waals surface area (Å²) in [5, 5.41) is 32.2. The van der Waals surface area contributed by atoms with Gasteiger partial charge in [-0.1, -0.05) is 12.1 Å². The maximum Gasteiger partial charge on any atom is 0.343 e. The normalized spacial score (nSPS) is 12.1. The first-order chi connectivity index (χ1) is 9.47. The Balaban J connectivity index is 2.82. The van der Waals surface area contributed by atoms with Crippen LogP contribution >= 0.6 is 0 Å². The number of carboxylic acids is 1. The van der Waals surface area contributed by atoms with Gasteiger partial charge >= 0.3 is 5.97 Å². The predicted molar refractivity (Wildman–Crippen MR) is 69.6 cm³/mol. The molecule has 0 spiro atoms. The average Bonchev–Trinajstić information content (AvgIpc) is 2.38. The molecule has 110 valence electrons. The summed E-state index contributed by atoms with van der Waals surface area (Å²) in [6.07, 6.45) is -0.730. The Bertz CT molecular complexity index is 491. The zero-order valence-electron chi connectivity index (χ0n) is 10.9. The minimum Gasteiger partial charge on any atom is -0.477 e. The van der Waals surface area contributed by atoms with Crippen molar-refractivity contribution in [3.05, 3.63) is 39.4 Å². The summed E-state index contributed by atoms with van der Waals surface area (Å²) in [6.45, 7) is 0.438. The number of aliphatic hydroxyl groups excluding tert-OH is 1. The molecule has 0 aromatic heterocycles. The minimum atomic E-state index is -1.36. The molecule has 0 aliphatic rings. The summed E-state index contributed by atoms with van der Waals surface area (Å²) in [4.78, 5) is 21.2. The number of carboxylic acid groups (broad SMARTS) is 1. The number of nitro groups is 1. The molecule has 8 nitrogen and oxygen atoms in total. The van der Waals surface area contributed by atoms with Crippen molar-refractivity contribution in [2.24, 2.45) is 0 Å². The van der Waals surface area contributed by atoms with E-state index in [9.17, 15) is 20.0 Å². The Labute approximate surface area is 115 Å². The summed E-state index contributed by atoms with van der Waals surface area (Å²) in [5.41, 5.74) is -0.503. The monoisotopic (exact) mass is 284 g/mol. The number of methoxy groups -OCH3 is 1. The summed E-state index contributed by atoms with van der Waals surface area (Å²) < 4.78 is 4.75. The Morgan fingerprint density at radius 3 is 2.80 bits per heavy atom. The summed E-state index contributed by atoms with van der Waals surface area (Å²) >= 11 is 0. The third-order valence-electron chi connectivity index (χ3n) is 2.59. The van der Waals surface area contributed by atoms with Gasteiger partial charge < -0.3 is 20.3 Å². The van der Waals surface area contributed by atoms with Crippen molar-refractivity contribution in [1.29, 1.82) is 0 Å². The zero-order chi connectivity index (χ0) is 15.1. The van der Waals surface area contributed by atoms with E-state index < -0.39 is 22.7 Å². The first kappa shape index (κ1) is 16.0. The molecule has 1 atom stereocenters. The van der Waals surface area contributed by atoms with E-state index in [4.69, 9.17) is 9.84 Å². The van der Waals surface area contributed by atoms with Crippen LogP contribution in [-0.4, -0.2) is 47.5 Å². The molecule has 0 fully saturated rings. The predicted octanol–water partition coefficient (Wildman–Crippen LogP) is 0.390. The molecule has 0 saturated carbocycles. The van der Waals surface area contributed by atoms with Gasteiger partial charge in [0.05, 0.1) is 17.6 Å². The highest BCUT2D eigenvalue weighted by atomic mass is 16.6. The number of ether oxygens (including phenoxy) is 1. The second-order valence-electron chi connectivity index (χ2n) is 4.11. The molecular formula is C12H16N2O6. The van der Waals surface area contributed by atoms with Crippen molar-refractivity contribution in [1.82, 2.24) is 5.32 Å². The van der Waals surface area contributed by atoms with Gasteiger partial charge in [0, 0.05) is 26.3 Å². The van der Waals surface area contributed by atoms with Gasteiger partial charge in [0.25, 0.3) is 5.69 Å². The van der Waals surface area contributed by atoms with E-state index in [2.05, 4.69) is 5.32 Å². The van der Waals surface area contributed by atoms with E-state index in [1.54, 1.807) is 0 Å². The number of nitro benzene ring substituents is 1. The smallest absolute Gasteiger partial charge is 0.343 e. The molecule has 0 bridgehead atoms. The van der Waals surface area contributed by atoms with Gasteiger partial charge in [-0.15, -0.1) is 0 Å². The van der Waals surface area contributed by atoms with Crippen LogP contribution in [0.2, 0.25) is 0 Å². The van der Waals surface area contributed by atoms with Crippen LogP contribution in [0.15, 0.2) is 18.2 Å². The third kappa shape index (κ3) is 4.26. The SMILES string of the molecule is COCC(O)CNCc1cccc([N+](=O)[O-])c1C(=O)O. The molecule has 0 aliphatic heterocycles. The maximum atomic E-state index is 11.1. The summed E-state index contributed by atoms with van der Waals surface area (Å²) in [7, 11) is 1.45. The second-order valence-corrected chi connectivity index (χ2v) is 4.11. The molecule has 0 heterocycles. The molecule has 1 rings (SSSR count). The van der Waals surface area contributed by atoms with Crippen LogP contribution in [0.5, 0.6) is 0 Å². The molecular weight excluding hydrogens is 268 g/mol. The quantitative estimate of drug-likeness (QED) is 0.466. The number of hydrogen-bond acceptors (Lipinski definition) is 6. The van der Waals surface area contributed by atoms with E-state index in [1.165, 1.54) is 19.2 Å². The van der Waals surface area contributed by atoms with Gasteiger partial charge in [0.2, 0.25) is 0 Å². The van der Waals surface area contributed by atoms with E-state index in [0.717, 1.165) is 6.07 Å². The third-order valence-corrected chi connectivity index (χ3v) is 2.59. The minimum absolute atomic E-state index is 0.101. The highest BCUT2D eigenvalue weighted by Gasteiger charge is 2.23. The number of benzene rings is 1. The Morgan fingerprint density at radius 2 is 2.25 bits per heavy atom. The largest absolute Gasteiger partial charge is 0.477 e. The molecule has 0 radical (unpaired) electrons. The number of nitrogens with one attached hydrogen (secondary N) is 1. The summed E-state index contributed by atoms with van der Waals surface area (Å²) in [6, 6.07) is 4.06. The van der Waals surface area contributed by atoms with Gasteiger partial charge in [0.1, 0.15) is 5.56 Å². The Kier molecular flexibility index (Phi) is 6.04. The molecule has 20 heavy (non-hydrogen) atoms. The van der Waals surface area contributed by atoms with Crippen LogP contribution < -0.4 is 5.32 Å². The lowest BCUT2D eigenvalue weighted by atomic mass is 10.1. The number of aliphatic hydroxyl groups is 1. The number of aromatic carboxylic acids is 1. The Hall–Kier alpha value is -2.03. The number of rotatable bonds is 8. The van der Waals surface area contributed by atoms with Crippen molar-refractivity contribution >= 4 is 11.7 Å². The summed E-state index contributed by atoms with van der Waals surface area (Å²) in [5.74, 6) is -1.36. The van der Waals surface area contributed by atoms with Gasteiger partial charge in [-0.3, -0.25) is 10.1 Å². The lowest BCUT2D eigenvalue weighted by Crippen LogP contribution is -2.30. The number of nitrogens with zero attached hydrogens (tertiary/aromatic N) is 1. The van der Waals surface area contributed by atoms with Crippen molar-refractivity contribution in [2.75, 3.05) is 20.3 Å². The molecule has 1 aromatic carbocycles. The molecule has 0 aliphatic carbocycles. The average molecular weight is 284 g/mol. The molecule has 1 unspecified atom stereocenters. The Morgan fingerprint density at radius 1 is 1.55 bits per heavy atom. The van der Waals surface area contributed by atoms with Crippen LogP contribution in [0.1, 0.15) is 15.9 Å². The molecule has 8 heteroatoms. The highest BCUT2D eigenvalue weighted by Crippen LogP contribution is 2.22. The van der Waals surface area contributed by atoms with Crippen LogP contribution in [0.4, 0.5) is 5.69 Å². The lowest BCUT2D eigenvalue weighted by Gasteiger charge is -2.12. The van der Waals surface area contributed by atoms with Gasteiger partial charge in [-0.2, -0.15) is 0 Å². The zero-order valence-corrected chi connectivity index (χ0v) is 10.9. The van der Waals surface area contributed by atoms with E-state index >= 15 is 0 Å². The van der Waals surface area contributed by atoms with Crippen LogP contribution in [0, 0.1) is 10.1 Å². The maximum absolute atomic E-state index is 11.1. The van der Waals surface area contributed by atoms with Crippen molar-refractivity contribution in [2.45, 2.75) is 12.6 Å². The first-order valence-electron chi connectivity index (χ1n) is 5.84. The fraction of sp³-hybridized carbons (Fsp3) is 0.417. The highest BCUT2D eigenvalue weighted by molar-refractivity contribution is 5.94. The van der Waals surface area contributed by atoms with E-state index in [-0.39, 0.29) is 30.8 Å². The van der Waals surface area contributed by atoms with E-state index in [1.807, 2.05) is 0 Å². The molecule has 0 amide bonds. The second kappa shape index (κ2) is 7.53. The molecule has 1 aromatic rings. The number of hydrogen-bond donors (Lipinski definition) is 3. The van der Waals surface area contributed by atoms with Crippen LogP contribution in [0.3, 0.4) is 0 Å². The van der Waals surface area contributed by atoms with Crippen LogP contribution in [-0.2, 0) is 11.3 Å². The topological polar surface area (TPSA) is 122 Å². The van der Waals surface area contributed by atoms with Crippen molar-refractivity contribution in [3.63, 3.8) is 0 Å². The molecule has 0 saturated heterocycles. The lowest BCUT2D eigenvalue weighted by molar-refractivity contribution is -0.385. The molecule has 3 N–H and O–H groups in total. The van der Waals surface area contributed by atoms with Gasteiger partial charge in [0.15, 0.2) is 0 Å². The van der Waals surface area contributed by atoms with Crippen molar-refractivity contribution < 1.29 is 24.7 Å². The van der Waals surface area contributed by atoms with Gasteiger partial charge in [-0.05, 0) is 5.56 Å². The van der Waals surface area contributed by atoms with Crippen LogP contribution in [0.25, 0.3) is 0 Å². The fourth-order valence-corrected chi connectivity index (χ4v) is 1.76. The van der Waals surface area contributed by atoms with Gasteiger partial charge in [-0.25, -0.2) is 4.79 Å². The van der Waals surface area contributed by atoms with E-state index in [0.29, 0.717) is 0 Å².